The molecule has 0 aromatic carbocycles. The number of hydrogen-bond donors (Lipinski definition) is 2. The summed E-state index contributed by atoms with van der Waals surface area (Å²) < 4.78 is 1.26. The summed E-state index contributed by atoms with van der Waals surface area (Å²) in [6, 6.07) is 6.00. The topological polar surface area (TPSA) is 116 Å². The quantitative estimate of drug-likeness (QED) is 0.470. The number of nitrogens with one attached hydrogen (secondary N) is 1. The van der Waals surface area contributed by atoms with E-state index in [2.05, 4.69) is 10.4 Å². The first kappa shape index (κ1) is 12.7. The molecule has 0 fully saturated rings. The third kappa shape index (κ3) is 2.75. The molecule has 0 amide bonds. The molecule has 19 heavy (non-hydrogen) atoms. The van der Waals surface area contributed by atoms with Gasteiger partial charge in [0.1, 0.15) is 5.82 Å². The van der Waals surface area contributed by atoms with Crippen LogP contribution in [0.5, 0.6) is 0 Å². The van der Waals surface area contributed by atoms with E-state index in [1.54, 1.807) is 12.1 Å². The lowest BCUT2D eigenvalue weighted by Crippen LogP contribution is -2.22. The minimum atomic E-state index is -0.696. The van der Waals surface area contributed by atoms with Gasteiger partial charge in [-0.05, 0) is 23.8 Å². The number of rotatable bonds is 4. The average molecular weight is 261 g/mol. The fraction of sp³-hybridized carbons (Fsp3) is 0.0909. The van der Waals surface area contributed by atoms with Crippen LogP contribution >= 0.6 is 0 Å². The van der Waals surface area contributed by atoms with Crippen molar-refractivity contribution in [1.82, 2.24) is 9.55 Å². The minimum Gasteiger partial charge on any atom is -0.308 e. The van der Waals surface area contributed by atoms with Gasteiger partial charge < -0.3 is 9.99 Å². The summed E-state index contributed by atoms with van der Waals surface area (Å²) in [5.74, 6) is 5.69. The lowest BCUT2D eigenvalue weighted by Gasteiger charge is -2.06. The zero-order valence-corrected chi connectivity index (χ0v) is 9.81. The summed E-state index contributed by atoms with van der Waals surface area (Å²) in [7, 11) is 0. The van der Waals surface area contributed by atoms with Gasteiger partial charge in [-0.2, -0.15) is 0 Å². The molecule has 98 valence electrons. The number of nitrogen functional groups attached to an aromatic ring is 1. The molecule has 8 heteroatoms. The molecular formula is C11H11N5O3. The van der Waals surface area contributed by atoms with Gasteiger partial charge in [0.05, 0.1) is 11.5 Å². The van der Waals surface area contributed by atoms with Crippen molar-refractivity contribution in [3.63, 3.8) is 0 Å². The predicted octanol–water partition coefficient (Wildman–Crippen LogP) is 0.485. The van der Waals surface area contributed by atoms with Gasteiger partial charge in [-0.1, -0.05) is 0 Å². The first-order valence-corrected chi connectivity index (χ1v) is 5.37. The maximum atomic E-state index is 11.8. The van der Waals surface area contributed by atoms with Crippen molar-refractivity contribution in [2.24, 2.45) is 5.84 Å². The smallest absolute Gasteiger partial charge is 0.308 e. The first-order valence-electron chi connectivity index (χ1n) is 5.37. The minimum absolute atomic E-state index is 0.206. The summed E-state index contributed by atoms with van der Waals surface area (Å²) in [5.41, 5.74) is 2.05. The van der Waals surface area contributed by atoms with Crippen molar-refractivity contribution in [1.29, 1.82) is 0 Å². The number of pyridine rings is 2. The van der Waals surface area contributed by atoms with Crippen molar-refractivity contribution in [2.45, 2.75) is 6.54 Å². The Morgan fingerprint density at radius 1 is 1.47 bits per heavy atom. The standard InChI is InChI=1S/C11H11N5O3/c12-14-10-6-8(3-4-13-10)7-15-5-1-2-9(11(15)17)16(18)19/h1-6H,7,12H2,(H,13,14). The number of hydrazine groups is 1. The lowest BCUT2D eigenvalue weighted by atomic mass is 10.2. The molecule has 0 bridgehead atoms. The second-order valence-corrected chi connectivity index (χ2v) is 3.78. The van der Waals surface area contributed by atoms with Gasteiger partial charge in [0.2, 0.25) is 0 Å². The molecule has 0 spiro atoms. The van der Waals surface area contributed by atoms with Gasteiger partial charge in [0.25, 0.3) is 0 Å². The fourth-order valence-corrected chi connectivity index (χ4v) is 1.64. The van der Waals surface area contributed by atoms with Crippen LogP contribution in [0.25, 0.3) is 0 Å². The summed E-state index contributed by atoms with van der Waals surface area (Å²) in [6.45, 7) is 0.206. The second-order valence-electron chi connectivity index (χ2n) is 3.78. The molecule has 0 aliphatic carbocycles. The molecule has 0 aliphatic heterocycles. The zero-order chi connectivity index (χ0) is 13.8. The van der Waals surface area contributed by atoms with E-state index in [1.807, 2.05) is 0 Å². The summed E-state index contributed by atoms with van der Waals surface area (Å²) >= 11 is 0. The van der Waals surface area contributed by atoms with Crippen LogP contribution in [0.15, 0.2) is 41.5 Å². The van der Waals surface area contributed by atoms with Gasteiger partial charge in [0, 0.05) is 18.5 Å². The van der Waals surface area contributed by atoms with E-state index >= 15 is 0 Å². The highest BCUT2D eigenvalue weighted by atomic mass is 16.6. The number of hydrogen-bond acceptors (Lipinski definition) is 6. The van der Waals surface area contributed by atoms with Crippen LogP contribution in [0.3, 0.4) is 0 Å². The summed E-state index contributed by atoms with van der Waals surface area (Å²) in [4.78, 5) is 25.8. The van der Waals surface area contributed by atoms with Crippen molar-refractivity contribution in [2.75, 3.05) is 5.43 Å². The predicted molar refractivity (Wildman–Crippen MR) is 68.5 cm³/mol. The monoisotopic (exact) mass is 261 g/mol. The van der Waals surface area contributed by atoms with Crippen LogP contribution in [0.2, 0.25) is 0 Å². The molecule has 0 saturated heterocycles. The molecule has 2 aromatic rings. The van der Waals surface area contributed by atoms with Gasteiger partial charge in [-0.3, -0.25) is 14.9 Å². The van der Waals surface area contributed by atoms with Gasteiger partial charge >= 0.3 is 11.2 Å². The van der Waals surface area contributed by atoms with Crippen molar-refractivity contribution in [3.05, 3.63) is 62.7 Å². The Morgan fingerprint density at radius 2 is 2.26 bits per heavy atom. The molecule has 2 heterocycles. The Labute approximate surface area is 107 Å². The van der Waals surface area contributed by atoms with E-state index in [-0.39, 0.29) is 6.54 Å². The van der Waals surface area contributed by atoms with E-state index < -0.39 is 16.2 Å². The van der Waals surface area contributed by atoms with E-state index in [4.69, 9.17) is 5.84 Å². The number of nitrogens with zero attached hydrogens (tertiary/aromatic N) is 3. The third-order valence-electron chi connectivity index (χ3n) is 2.52. The first-order chi connectivity index (χ1) is 9.11. The summed E-state index contributed by atoms with van der Waals surface area (Å²) in [6.07, 6.45) is 3.03. The Balaban J connectivity index is 2.36. The maximum absolute atomic E-state index is 11.8. The van der Waals surface area contributed by atoms with Crippen molar-refractivity contribution < 1.29 is 4.92 Å². The molecule has 0 saturated carbocycles. The lowest BCUT2D eigenvalue weighted by molar-refractivity contribution is -0.386. The van der Waals surface area contributed by atoms with Gasteiger partial charge in [0.15, 0.2) is 0 Å². The van der Waals surface area contributed by atoms with Crippen LogP contribution in [0.4, 0.5) is 11.5 Å². The molecule has 2 aromatic heterocycles. The molecular weight excluding hydrogens is 250 g/mol. The third-order valence-corrected chi connectivity index (χ3v) is 2.52. The summed E-state index contributed by atoms with van der Waals surface area (Å²) in [5, 5.41) is 10.7. The Kier molecular flexibility index (Phi) is 3.53. The number of aromatic nitrogens is 2. The van der Waals surface area contributed by atoms with E-state index in [0.717, 1.165) is 5.56 Å². The van der Waals surface area contributed by atoms with E-state index in [0.29, 0.717) is 5.82 Å². The average Bonchev–Trinajstić information content (AvgIpc) is 2.41. The molecule has 0 unspecified atom stereocenters. The van der Waals surface area contributed by atoms with Gasteiger partial charge in [-0.25, -0.2) is 10.8 Å². The van der Waals surface area contributed by atoms with Gasteiger partial charge in [-0.15, -0.1) is 0 Å². The molecule has 0 aliphatic rings. The second kappa shape index (κ2) is 5.27. The van der Waals surface area contributed by atoms with Crippen molar-refractivity contribution in [3.8, 4) is 0 Å². The van der Waals surface area contributed by atoms with Crippen LogP contribution in [0, 0.1) is 10.1 Å². The largest absolute Gasteiger partial charge is 0.334 e. The Morgan fingerprint density at radius 3 is 2.95 bits per heavy atom. The van der Waals surface area contributed by atoms with E-state index in [9.17, 15) is 14.9 Å². The Hall–Kier alpha value is -2.74. The zero-order valence-electron chi connectivity index (χ0n) is 9.81. The highest BCUT2D eigenvalue weighted by molar-refractivity contribution is 5.36. The normalized spacial score (nSPS) is 10.2. The van der Waals surface area contributed by atoms with Crippen molar-refractivity contribution >= 4 is 11.5 Å². The van der Waals surface area contributed by atoms with Crippen LogP contribution in [-0.4, -0.2) is 14.5 Å². The van der Waals surface area contributed by atoms with Crippen LogP contribution < -0.4 is 16.8 Å². The molecule has 0 atom stereocenters. The molecule has 8 nitrogen and oxygen atoms in total. The highest BCUT2D eigenvalue weighted by Crippen LogP contribution is 2.08. The SMILES string of the molecule is NNc1cc(Cn2cccc([N+](=O)[O-])c2=O)ccn1. The molecule has 0 radical (unpaired) electrons. The number of nitrogens with two attached hydrogens (primary N) is 1. The highest BCUT2D eigenvalue weighted by Gasteiger charge is 2.13. The molecule has 3 N–H and O–H groups in total. The van der Waals surface area contributed by atoms with E-state index in [1.165, 1.54) is 29.1 Å². The van der Waals surface area contributed by atoms with Crippen LogP contribution in [0.1, 0.15) is 5.56 Å². The van der Waals surface area contributed by atoms with Crippen LogP contribution in [-0.2, 0) is 6.54 Å². The molecule has 2 rings (SSSR count). The number of nitro groups is 1. The Bertz CT molecular complexity index is 667. The fourth-order valence-electron chi connectivity index (χ4n) is 1.64. The number of anilines is 1. The maximum Gasteiger partial charge on any atom is 0.334 e.